The summed E-state index contributed by atoms with van der Waals surface area (Å²) in [5, 5.41) is 13.1. The van der Waals surface area contributed by atoms with Gasteiger partial charge in [0.05, 0.1) is 21.6 Å². The molecule has 1 aromatic carbocycles. The van der Waals surface area contributed by atoms with Gasteiger partial charge in [-0.25, -0.2) is 0 Å². The van der Waals surface area contributed by atoms with E-state index in [9.17, 15) is 19.7 Å². The molecule has 2 rings (SSSR count). The van der Waals surface area contributed by atoms with Gasteiger partial charge in [0.25, 0.3) is 11.6 Å². The van der Waals surface area contributed by atoms with Gasteiger partial charge in [0, 0.05) is 12.1 Å². The van der Waals surface area contributed by atoms with Crippen molar-refractivity contribution in [1.82, 2.24) is 0 Å². The van der Waals surface area contributed by atoms with E-state index in [0.29, 0.717) is 12.8 Å². The van der Waals surface area contributed by atoms with E-state index in [1.807, 2.05) is 12.2 Å². The summed E-state index contributed by atoms with van der Waals surface area (Å²) in [7, 11) is 0. The quantitative estimate of drug-likeness (QED) is 0.385. The number of nitro benzene ring substituents is 1. The number of esters is 1. The number of carbonyl (C=O) groups is 2. The van der Waals surface area contributed by atoms with Gasteiger partial charge < -0.3 is 10.1 Å². The second-order valence-corrected chi connectivity index (χ2v) is 5.47. The number of anilines is 1. The number of ether oxygens (including phenoxy) is 1. The first-order valence-electron chi connectivity index (χ1n) is 7.03. The molecule has 0 heterocycles. The molecule has 0 radical (unpaired) electrons. The Labute approximate surface area is 137 Å². The Morgan fingerprint density at radius 3 is 2.78 bits per heavy atom. The van der Waals surface area contributed by atoms with Gasteiger partial charge in [-0.15, -0.1) is 0 Å². The van der Waals surface area contributed by atoms with E-state index in [0.717, 1.165) is 12.5 Å². The lowest BCUT2D eigenvalue weighted by molar-refractivity contribution is -0.384. The van der Waals surface area contributed by atoms with E-state index in [1.165, 1.54) is 12.1 Å². The average Bonchev–Trinajstić information content (AvgIpc) is 2.55. The molecular formula is C15H15ClN2O5. The fraction of sp³-hybridized carbons (Fsp3) is 0.333. The second-order valence-electron chi connectivity index (χ2n) is 5.06. The zero-order valence-corrected chi connectivity index (χ0v) is 12.9. The fourth-order valence-electron chi connectivity index (χ4n) is 2.17. The lowest BCUT2D eigenvalue weighted by Crippen LogP contribution is -2.25. The standard InChI is InChI=1S/C15H15ClN2O5/c16-12-8-11(18(21)22)6-7-13(12)17-14(19)9-23-15(20)10-4-2-1-3-5-10/h1-2,6-8,10H,3-5,9H2,(H,17,19)/t10-/m0/s1. The molecule has 0 spiro atoms. The first-order valence-corrected chi connectivity index (χ1v) is 7.40. The SMILES string of the molecule is O=C(COC(=O)[C@H]1CC=CCC1)Nc1ccc([N+](=O)[O-])cc1Cl. The Morgan fingerprint density at radius 2 is 2.17 bits per heavy atom. The second kappa shape index (κ2) is 7.73. The van der Waals surface area contributed by atoms with Crippen LogP contribution in [-0.4, -0.2) is 23.4 Å². The molecule has 1 amide bonds. The van der Waals surface area contributed by atoms with Gasteiger partial charge in [0.15, 0.2) is 6.61 Å². The van der Waals surface area contributed by atoms with Crippen molar-refractivity contribution in [3.05, 3.63) is 45.5 Å². The first kappa shape index (κ1) is 17.0. The van der Waals surface area contributed by atoms with Gasteiger partial charge in [-0.1, -0.05) is 23.8 Å². The van der Waals surface area contributed by atoms with Crippen LogP contribution < -0.4 is 5.32 Å². The fourth-order valence-corrected chi connectivity index (χ4v) is 2.39. The third kappa shape index (κ3) is 4.79. The van der Waals surface area contributed by atoms with Crippen molar-refractivity contribution in [1.29, 1.82) is 0 Å². The van der Waals surface area contributed by atoms with E-state index >= 15 is 0 Å². The maximum Gasteiger partial charge on any atom is 0.309 e. The summed E-state index contributed by atoms with van der Waals surface area (Å²) >= 11 is 5.87. The molecule has 1 N–H and O–H groups in total. The van der Waals surface area contributed by atoms with Crippen LogP contribution in [0.1, 0.15) is 19.3 Å². The normalized spacial score (nSPS) is 16.7. The van der Waals surface area contributed by atoms with Crippen molar-refractivity contribution in [2.24, 2.45) is 5.92 Å². The number of nitro groups is 1. The molecule has 23 heavy (non-hydrogen) atoms. The third-order valence-corrected chi connectivity index (χ3v) is 3.70. The summed E-state index contributed by atoms with van der Waals surface area (Å²) in [6.07, 6.45) is 6.09. The molecule has 1 aromatic rings. The molecule has 1 atom stereocenters. The molecular weight excluding hydrogens is 324 g/mol. The van der Waals surface area contributed by atoms with Crippen LogP contribution in [0, 0.1) is 16.0 Å². The minimum absolute atomic E-state index is 0.0382. The number of allylic oxidation sites excluding steroid dienone is 2. The average molecular weight is 339 g/mol. The lowest BCUT2D eigenvalue weighted by atomic mass is 9.95. The van der Waals surface area contributed by atoms with Gasteiger partial charge in [-0.3, -0.25) is 19.7 Å². The highest BCUT2D eigenvalue weighted by Gasteiger charge is 2.21. The molecule has 0 aliphatic heterocycles. The van der Waals surface area contributed by atoms with Crippen LogP contribution in [0.5, 0.6) is 0 Å². The molecule has 0 fully saturated rings. The third-order valence-electron chi connectivity index (χ3n) is 3.39. The summed E-state index contributed by atoms with van der Waals surface area (Å²) in [5.74, 6) is -1.17. The van der Waals surface area contributed by atoms with Gasteiger partial charge in [-0.05, 0) is 25.3 Å². The van der Waals surface area contributed by atoms with Crippen LogP contribution in [0.4, 0.5) is 11.4 Å². The highest BCUT2D eigenvalue weighted by atomic mass is 35.5. The van der Waals surface area contributed by atoms with Gasteiger partial charge in [0.1, 0.15) is 0 Å². The van der Waals surface area contributed by atoms with Gasteiger partial charge >= 0.3 is 5.97 Å². The van der Waals surface area contributed by atoms with Crippen LogP contribution in [-0.2, 0) is 14.3 Å². The van der Waals surface area contributed by atoms with Crippen LogP contribution in [0.25, 0.3) is 0 Å². The number of halogens is 1. The number of rotatable bonds is 5. The summed E-state index contributed by atoms with van der Waals surface area (Å²) in [6, 6.07) is 3.69. The summed E-state index contributed by atoms with van der Waals surface area (Å²) in [4.78, 5) is 33.6. The minimum Gasteiger partial charge on any atom is -0.455 e. The monoisotopic (exact) mass is 338 g/mol. The molecule has 0 saturated carbocycles. The molecule has 8 heteroatoms. The van der Waals surface area contributed by atoms with Crippen molar-refractivity contribution in [2.45, 2.75) is 19.3 Å². The Kier molecular flexibility index (Phi) is 5.70. The van der Waals surface area contributed by atoms with Gasteiger partial charge in [0.2, 0.25) is 0 Å². The number of amides is 1. The van der Waals surface area contributed by atoms with Crippen LogP contribution in [0.3, 0.4) is 0 Å². The maximum atomic E-state index is 11.8. The highest BCUT2D eigenvalue weighted by Crippen LogP contribution is 2.26. The Bertz CT molecular complexity index is 659. The Morgan fingerprint density at radius 1 is 1.39 bits per heavy atom. The Hall–Kier alpha value is -2.41. The van der Waals surface area contributed by atoms with E-state index in [-0.39, 0.29) is 22.3 Å². The predicted molar refractivity (Wildman–Crippen MR) is 84.2 cm³/mol. The van der Waals surface area contributed by atoms with Crippen molar-refractivity contribution >= 4 is 34.9 Å². The molecule has 0 saturated heterocycles. The topological polar surface area (TPSA) is 98.5 Å². The maximum absolute atomic E-state index is 11.8. The molecule has 1 aliphatic rings. The number of nitrogens with one attached hydrogen (secondary N) is 1. The van der Waals surface area contributed by atoms with Crippen LogP contribution >= 0.6 is 11.6 Å². The van der Waals surface area contributed by atoms with Crippen molar-refractivity contribution in [3.63, 3.8) is 0 Å². The number of benzene rings is 1. The molecule has 1 aliphatic carbocycles. The van der Waals surface area contributed by atoms with Crippen LogP contribution in [0.15, 0.2) is 30.4 Å². The summed E-state index contributed by atoms with van der Waals surface area (Å²) < 4.78 is 4.98. The smallest absolute Gasteiger partial charge is 0.309 e. The number of hydrogen-bond acceptors (Lipinski definition) is 5. The zero-order chi connectivity index (χ0) is 16.8. The molecule has 122 valence electrons. The van der Waals surface area contributed by atoms with Crippen molar-refractivity contribution in [2.75, 3.05) is 11.9 Å². The van der Waals surface area contributed by atoms with E-state index in [1.54, 1.807) is 0 Å². The zero-order valence-electron chi connectivity index (χ0n) is 12.2. The number of nitrogens with zero attached hydrogens (tertiary/aromatic N) is 1. The van der Waals surface area contributed by atoms with E-state index < -0.39 is 23.4 Å². The summed E-state index contributed by atoms with van der Waals surface area (Å²) in [6.45, 7) is -0.424. The largest absolute Gasteiger partial charge is 0.455 e. The molecule has 7 nitrogen and oxygen atoms in total. The van der Waals surface area contributed by atoms with E-state index in [2.05, 4.69) is 5.32 Å². The van der Waals surface area contributed by atoms with Crippen molar-refractivity contribution < 1.29 is 19.2 Å². The lowest BCUT2D eigenvalue weighted by Gasteiger charge is -2.16. The number of non-ortho nitro benzene ring substituents is 1. The molecule has 0 aromatic heterocycles. The Balaban J connectivity index is 1.86. The molecule has 0 unspecified atom stereocenters. The van der Waals surface area contributed by atoms with Gasteiger partial charge in [-0.2, -0.15) is 0 Å². The van der Waals surface area contributed by atoms with Crippen molar-refractivity contribution in [3.8, 4) is 0 Å². The summed E-state index contributed by atoms with van der Waals surface area (Å²) in [5.41, 5.74) is 0.0451. The van der Waals surface area contributed by atoms with E-state index in [4.69, 9.17) is 16.3 Å². The number of carbonyl (C=O) groups excluding carboxylic acids is 2. The minimum atomic E-state index is -0.585. The van der Waals surface area contributed by atoms with Crippen LogP contribution in [0.2, 0.25) is 5.02 Å². The first-order chi connectivity index (χ1) is 11.0. The number of hydrogen-bond donors (Lipinski definition) is 1. The predicted octanol–water partition coefficient (Wildman–Crippen LogP) is 3.09. The highest BCUT2D eigenvalue weighted by molar-refractivity contribution is 6.34. The molecule has 0 bridgehead atoms.